The summed E-state index contributed by atoms with van der Waals surface area (Å²) in [7, 11) is 0. The number of nitrogens with one attached hydrogen (secondary N) is 1. The average Bonchev–Trinajstić information content (AvgIpc) is 2.35. The third kappa shape index (κ3) is 3.00. The molecule has 18 heavy (non-hydrogen) atoms. The van der Waals surface area contributed by atoms with Crippen LogP contribution in [0, 0.1) is 13.8 Å². The summed E-state index contributed by atoms with van der Waals surface area (Å²) < 4.78 is 0. The van der Waals surface area contributed by atoms with E-state index >= 15 is 0 Å². The van der Waals surface area contributed by atoms with Crippen LogP contribution in [-0.2, 0) is 0 Å². The lowest BCUT2D eigenvalue weighted by Crippen LogP contribution is -2.10. The minimum Gasteiger partial charge on any atom is -0.369 e. The smallest absolute Gasteiger partial charge is 0.151 e. The van der Waals surface area contributed by atoms with E-state index in [1.807, 2.05) is 32.0 Å². The average molecular weight is 263 g/mol. The molecule has 1 aromatic heterocycles. The summed E-state index contributed by atoms with van der Waals surface area (Å²) in [4.78, 5) is 4.08. The number of halogens is 1. The normalized spacial score (nSPS) is 12.2. The summed E-state index contributed by atoms with van der Waals surface area (Å²) in [6, 6.07) is 9.31. The summed E-state index contributed by atoms with van der Waals surface area (Å²) in [6.07, 6.45) is 0.759. The lowest BCUT2D eigenvalue weighted by atomic mass is 10.1. The van der Waals surface area contributed by atoms with Crippen molar-refractivity contribution < 1.29 is 5.11 Å². The Hall–Kier alpha value is -1.58. The van der Waals surface area contributed by atoms with Gasteiger partial charge in [0.25, 0.3) is 0 Å². The van der Waals surface area contributed by atoms with Gasteiger partial charge in [0, 0.05) is 11.8 Å². The molecule has 2 rings (SSSR count). The lowest BCUT2D eigenvalue weighted by Gasteiger charge is -2.15. The summed E-state index contributed by atoms with van der Waals surface area (Å²) >= 11 is 5.75. The van der Waals surface area contributed by atoms with E-state index < -0.39 is 6.23 Å². The van der Waals surface area contributed by atoms with E-state index in [-0.39, 0.29) is 0 Å². The van der Waals surface area contributed by atoms with Gasteiger partial charge in [0.2, 0.25) is 0 Å². The monoisotopic (exact) mass is 262 g/mol. The molecule has 0 aliphatic carbocycles. The first-order valence-electron chi connectivity index (χ1n) is 5.69. The van der Waals surface area contributed by atoms with E-state index in [9.17, 15) is 5.11 Å². The lowest BCUT2D eigenvalue weighted by molar-refractivity contribution is 0.207. The molecule has 0 radical (unpaired) electrons. The molecule has 94 valence electrons. The van der Waals surface area contributed by atoms with Crippen molar-refractivity contribution in [2.45, 2.75) is 20.1 Å². The van der Waals surface area contributed by atoms with Crippen LogP contribution in [0.3, 0.4) is 0 Å². The molecule has 2 N–H and O–H groups in total. The fraction of sp³-hybridized carbons (Fsp3) is 0.214. The van der Waals surface area contributed by atoms with Crippen LogP contribution >= 0.6 is 11.6 Å². The standard InChI is InChI=1S/C14H15ClN2O/c1-9-3-4-11(7-10(9)2)14(18)17-13-6-5-12(15)8-16-13/h3-8,14,18H,1-2H3,(H,16,17). The number of benzene rings is 1. The van der Waals surface area contributed by atoms with Crippen LogP contribution in [0.5, 0.6) is 0 Å². The van der Waals surface area contributed by atoms with E-state index in [1.165, 1.54) is 11.8 Å². The van der Waals surface area contributed by atoms with Crippen molar-refractivity contribution in [2.24, 2.45) is 0 Å². The van der Waals surface area contributed by atoms with Crippen LogP contribution in [0.4, 0.5) is 5.82 Å². The van der Waals surface area contributed by atoms with Gasteiger partial charge in [-0.25, -0.2) is 4.98 Å². The molecule has 0 spiro atoms. The Morgan fingerprint density at radius 1 is 1.17 bits per heavy atom. The van der Waals surface area contributed by atoms with E-state index in [0.29, 0.717) is 10.8 Å². The van der Waals surface area contributed by atoms with Gasteiger partial charge in [0.15, 0.2) is 6.23 Å². The van der Waals surface area contributed by atoms with Gasteiger partial charge in [0.05, 0.1) is 5.02 Å². The van der Waals surface area contributed by atoms with E-state index in [1.54, 1.807) is 12.1 Å². The van der Waals surface area contributed by atoms with Crippen LogP contribution in [0.15, 0.2) is 36.5 Å². The van der Waals surface area contributed by atoms with Crippen LogP contribution in [-0.4, -0.2) is 10.1 Å². The number of hydrogen-bond acceptors (Lipinski definition) is 3. The Morgan fingerprint density at radius 3 is 2.56 bits per heavy atom. The van der Waals surface area contributed by atoms with Crippen molar-refractivity contribution in [2.75, 3.05) is 5.32 Å². The molecule has 1 unspecified atom stereocenters. The molecule has 0 aliphatic rings. The molecule has 0 saturated heterocycles. The molecule has 1 aromatic carbocycles. The van der Waals surface area contributed by atoms with Crippen molar-refractivity contribution in [3.8, 4) is 0 Å². The number of hydrogen-bond donors (Lipinski definition) is 2. The fourth-order valence-corrected chi connectivity index (χ4v) is 1.73. The minimum atomic E-state index is -0.780. The quantitative estimate of drug-likeness (QED) is 0.833. The molecule has 3 nitrogen and oxygen atoms in total. The van der Waals surface area contributed by atoms with Crippen molar-refractivity contribution >= 4 is 17.4 Å². The SMILES string of the molecule is Cc1ccc(C(O)Nc2ccc(Cl)cn2)cc1C. The highest BCUT2D eigenvalue weighted by molar-refractivity contribution is 6.30. The second kappa shape index (κ2) is 5.38. The number of anilines is 1. The number of aromatic nitrogens is 1. The highest BCUT2D eigenvalue weighted by Gasteiger charge is 2.08. The Bertz CT molecular complexity index is 540. The highest BCUT2D eigenvalue weighted by atomic mass is 35.5. The number of aryl methyl sites for hydroxylation is 2. The zero-order valence-electron chi connectivity index (χ0n) is 10.3. The first-order valence-corrected chi connectivity index (χ1v) is 6.07. The van der Waals surface area contributed by atoms with Crippen LogP contribution in [0.25, 0.3) is 0 Å². The number of aliphatic hydroxyl groups is 1. The molecule has 0 amide bonds. The molecule has 1 heterocycles. The summed E-state index contributed by atoms with van der Waals surface area (Å²) in [6.45, 7) is 4.06. The molecule has 0 bridgehead atoms. The topological polar surface area (TPSA) is 45.1 Å². The van der Waals surface area contributed by atoms with Gasteiger partial charge in [-0.3, -0.25) is 0 Å². The number of rotatable bonds is 3. The van der Waals surface area contributed by atoms with Gasteiger partial charge in [-0.05, 0) is 37.1 Å². The van der Waals surface area contributed by atoms with Gasteiger partial charge in [-0.15, -0.1) is 0 Å². The second-order valence-electron chi connectivity index (χ2n) is 4.25. The summed E-state index contributed by atoms with van der Waals surface area (Å²) in [5, 5.41) is 13.6. The molecule has 1 atom stereocenters. The van der Waals surface area contributed by atoms with E-state index in [2.05, 4.69) is 10.3 Å². The van der Waals surface area contributed by atoms with Gasteiger partial charge in [-0.2, -0.15) is 0 Å². The number of pyridine rings is 1. The Kier molecular flexibility index (Phi) is 3.84. The zero-order valence-corrected chi connectivity index (χ0v) is 11.1. The van der Waals surface area contributed by atoms with Crippen LogP contribution in [0.1, 0.15) is 22.9 Å². The van der Waals surface area contributed by atoms with Crippen LogP contribution in [0.2, 0.25) is 5.02 Å². The van der Waals surface area contributed by atoms with Gasteiger partial charge < -0.3 is 10.4 Å². The van der Waals surface area contributed by atoms with E-state index in [4.69, 9.17) is 11.6 Å². The molecule has 0 aliphatic heterocycles. The predicted octanol–water partition coefficient (Wildman–Crippen LogP) is 3.45. The fourth-order valence-electron chi connectivity index (χ4n) is 1.62. The first kappa shape index (κ1) is 12.9. The Balaban J connectivity index is 2.13. The largest absolute Gasteiger partial charge is 0.369 e. The number of nitrogens with zero attached hydrogens (tertiary/aromatic N) is 1. The second-order valence-corrected chi connectivity index (χ2v) is 4.69. The molecule has 0 fully saturated rings. The molecule has 4 heteroatoms. The van der Waals surface area contributed by atoms with Gasteiger partial charge >= 0.3 is 0 Å². The predicted molar refractivity (Wildman–Crippen MR) is 73.7 cm³/mol. The first-order chi connectivity index (χ1) is 8.56. The van der Waals surface area contributed by atoms with Crippen molar-refractivity contribution in [3.63, 3.8) is 0 Å². The summed E-state index contributed by atoms with van der Waals surface area (Å²) in [5.41, 5.74) is 3.17. The number of aliphatic hydroxyl groups excluding tert-OH is 1. The van der Waals surface area contributed by atoms with Crippen molar-refractivity contribution in [1.29, 1.82) is 0 Å². The van der Waals surface area contributed by atoms with Crippen LogP contribution < -0.4 is 5.32 Å². The maximum atomic E-state index is 10.1. The van der Waals surface area contributed by atoms with Gasteiger partial charge in [-0.1, -0.05) is 29.8 Å². The molecule has 0 saturated carbocycles. The Labute approximate surface area is 111 Å². The third-order valence-corrected chi connectivity index (χ3v) is 3.08. The summed E-state index contributed by atoms with van der Waals surface area (Å²) in [5.74, 6) is 0.588. The van der Waals surface area contributed by atoms with Crippen molar-refractivity contribution in [1.82, 2.24) is 4.98 Å². The highest BCUT2D eigenvalue weighted by Crippen LogP contribution is 2.19. The maximum absolute atomic E-state index is 10.1. The molecular formula is C14H15ClN2O. The molecular weight excluding hydrogens is 248 g/mol. The maximum Gasteiger partial charge on any atom is 0.151 e. The van der Waals surface area contributed by atoms with Crippen molar-refractivity contribution in [3.05, 3.63) is 58.2 Å². The molecule has 2 aromatic rings. The third-order valence-electron chi connectivity index (χ3n) is 2.86. The Morgan fingerprint density at radius 2 is 1.94 bits per heavy atom. The zero-order chi connectivity index (χ0) is 13.1. The van der Waals surface area contributed by atoms with Gasteiger partial charge in [0.1, 0.15) is 5.82 Å². The van der Waals surface area contributed by atoms with E-state index in [0.717, 1.165) is 11.1 Å². The minimum absolute atomic E-state index is 0.571.